The number of sulfonamides is 1. The van der Waals surface area contributed by atoms with E-state index in [0.29, 0.717) is 18.1 Å². The minimum atomic E-state index is -3.62. The number of hydrogen-bond donors (Lipinski definition) is 1. The molecule has 1 saturated heterocycles. The van der Waals surface area contributed by atoms with E-state index in [4.69, 9.17) is 22.1 Å². The van der Waals surface area contributed by atoms with Crippen LogP contribution in [0.15, 0.2) is 23.1 Å². The van der Waals surface area contributed by atoms with E-state index < -0.39 is 10.0 Å². The third-order valence-electron chi connectivity index (χ3n) is 3.40. The van der Waals surface area contributed by atoms with Gasteiger partial charge in [-0.2, -0.15) is 4.31 Å². The molecule has 1 aliphatic heterocycles. The van der Waals surface area contributed by atoms with Gasteiger partial charge in [-0.3, -0.25) is 0 Å². The van der Waals surface area contributed by atoms with E-state index in [9.17, 15) is 8.42 Å². The van der Waals surface area contributed by atoms with E-state index in [1.165, 1.54) is 23.5 Å². The van der Waals surface area contributed by atoms with Gasteiger partial charge in [0.2, 0.25) is 10.0 Å². The summed E-state index contributed by atoms with van der Waals surface area (Å²) in [6.45, 7) is 2.81. The lowest BCUT2D eigenvalue weighted by atomic mass is 9.99. The normalized spacial score (nSPS) is 24.6. The first-order valence-corrected chi connectivity index (χ1v) is 8.25. The fourth-order valence-electron chi connectivity index (χ4n) is 2.54. The number of piperidine rings is 1. The van der Waals surface area contributed by atoms with Crippen LogP contribution in [0.4, 0.5) is 0 Å². The SMILES string of the molecule is COc1cc(Cl)ccc1S(=O)(=O)N1CC(C)CC(N)C1. The van der Waals surface area contributed by atoms with Gasteiger partial charge in [0.15, 0.2) is 0 Å². The molecule has 2 rings (SSSR count). The van der Waals surface area contributed by atoms with Crippen molar-refractivity contribution in [3.8, 4) is 5.75 Å². The lowest BCUT2D eigenvalue weighted by Gasteiger charge is -2.34. The van der Waals surface area contributed by atoms with E-state index in [1.807, 2.05) is 6.92 Å². The van der Waals surface area contributed by atoms with Crippen molar-refractivity contribution in [1.82, 2.24) is 4.31 Å². The summed E-state index contributed by atoms with van der Waals surface area (Å²) in [5.74, 6) is 0.496. The smallest absolute Gasteiger partial charge is 0.246 e. The third kappa shape index (κ3) is 3.09. The molecule has 7 heteroatoms. The molecule has 20 heavy (non-hydrogen) atoms. The van der Waals surface area contributed by atoms with Crippen molar-refractivity contribution in [2.45, 2.75) is 24.3 Å². The molecule has 1 aromatic rings. The number of methoxy groups -OCH3 is 1. The number of ether oxygens (including phenoxy) is 1. The zero-order chi connectivity index (χ0) is 14.9. The molecule has 0 aromatic heterocycles. The molecule has 1 aliphatic rings. The minimum Gasteiger partial charge on any atom is -0.495 e. The standard InChI is InChI=1S/C13H19ClN2O3S/c1-9-5-11(15)8-16(7-9)20(17,18)13-4-3-10(14)6-12(13)19-2/h3-4,6,9,11H,5,7-8,15H2,1-2H3. The van der Waals surface area contributed by atoms with E-state index in [-0.39, 0.29) is 22.6 Å². The molecule has 2 unspecified atom stereocenters. The van der Waals surface area contributed by atoms with Gasteiger partial charge in [0.25, 0.3) is 0 Å². The van der Waals surface area contributed by atoms with Crippen LogP contribution in [-0.2, 0) is 10.0 Å². The van der Waals surface area contributed by atoms with Gasteiger partial charge in [0.05, 0.1) is 7.11 Å². The van der Waals surface area contributed by atoms with Crippen LogP contribution in [-0.4, -0.2) is 39.0 Å². The summed E-state index contributed by atoms with van der Waals surface area (Å²) in [6, 6.07) is 4.39. The summed E-state index contributed by atoms with van der Waals surface area (Å²) in [5.41, 5.74) is 5.93. The first-order chi connectivity index (χ1) is 9.34. The van der Waals surface area contributed by atoms with Gasteiger partial charge < -0.3 is 10.5 Å². The van der Waals surface area contributed by atoms with Crippen LogP contribution in [0.3, 0.4) is 0 Å². The van der Waals surface area contributed by atoms with Gasteiger partial charge in [0.1, 0.15) is 10.6 Å². The number of hydrogen-bond acceptors (Lipinski definition) is 4. The highest BCUT2D eigenvalue weighted by molar-refractivity contribution is 7.89. The first kappa shape index (κ1) is 15.6. The fraction of sp³-hybridized carbons (Fsp3) is 0.538. The molecule has 112 valence electrons. The molecule has 0 radical (unpaired) electrons. The first-order valence-electron chi connectivity index (χ1n) is 6.44. The molecule has 0 amide bonds. The number of nitrogens with zero attached hydrogens (tertiary/aromatic N) is 1. The molecule has 0 bridgehead atoms. The molecular formula is C13H19ClN2O3S. The fourth-order valence-corrected chi connectivity index (χ4v) is 4.45. The summed E-state index contributed by atoms with van der Waals surface area (Å²) >= 11 is 5.87. The van der Waals surface area contributed by atoms with Gasteiger partial charge in [0, 0.05) is 30.2 Å². The summed E-state index contributed by atoms with van der Waals surface area (Å²) in [6.07, 6.45) is 0.837. The highest BCUT2D eigenvalue weighted by atomic mass is 35.5. The van der Waals surface area contributed by atoms with Gasteiger partial charge in [-0.15, -0.1) is 0 Å². The van der Waals surface area contributed by atoms with Crippen molar-refractivity contribution in [1.29, 1.82) is 0 Å². The largest absolute Gasteiger partial charge is 0.495 e. The Morgan fingerprint density at radius 1 is 1.40 bits per heavy atom. The summed E-state index contributed by atoms with van der Waals surface area (Å²) in [4.78, 5) is 0.130. The van der Waals surface area contributed by atoms with Gasteiger partial charge >= 0.3 is 0 Å². The van der Waals surface area contributed by atoms with Crippen molar-refractivity contribution in [2.75, 3.05) is 20.2 Å². The highest BCUT2D eigenvalue weighted by Crippen LogP contribution is 2.31. The molecular weight excluding hydrogens is 300 g/mol. The van der Waals surface area contributed by atoms with Crippen LogP contribution in [0.1, 0.15) is 13.3 Å². The Labute approximate surface area is 124 Å². The van der Waals surface area contributed by atoms with Crippen molar-refractivity contribution < 1.29 is 13.2 Å². The second kappa shape index (κ2) is 5.89. The maximum atomic E-state index is 12.7. The predicted molar refractivity (Wildman–Crippen MR) is 78.5 cm³/mol. The van der Waals surface area contributed by atoms with E-state index >= 15 is 0 Å². The van der Waals surface area contributed by atoms with Crippen LogP contribution in [0.25, 0.3) is 0 Å². The number of benzene rings is 1. The topological polar surface area (TPSA) is 72.6 Å². The minimum absolute atomic E-state index is 0.130. The summed E-state index contributed by atoms with van der Waals surface area (Å²) < 4.78 is 32.0. The Kier molecular flexibility index (Phi) is 4.59. The second-order valence-electron chi connectivity index (χ2n) is 5.22. The third-order valence-corrected chi connectivity index (χ3v) is 5.51. The van der Waals surface area contributed by atoms with Gasteiger partial charge in [-0.1, -0.05) is 18.5 Å². The zero-order valence-corrected chi connectivity index (χ0v) is 13.1. The van der Waals surface area contributed by atoms with E-state index in [0.717, 1.165) is 6.42 Å². The van der Waals surface area contributed by atoms with Crippen LogP contribution in [0.2, 0.25) is 5.02 Å². The van der Waals surface area contributed by atoms with Crippen molar-refractivity contribution in [3.63, 3.8) is 0 Å². The molecule has 2 N–H and O–H groups in total. The summed E-state index contributed by atoms with van der Waals surface area (Å²) in [5, 5.41) is 0.435. The Hall–Kier alpha value is -0.820. The van der Waals surface area contributed by atoms with Crippen molar-refractivity contribution >= 4 is 21.6 Å². The molecule has 0 saturated carbocycles. The maximum absolute atomic E-state index is 12.7. The average molecular weight is 319 g/mol. The van der Waals surface area contributed by atoms with Crippen LogP contribution < -0.4 is 10.5 Å². The molecule has 1 aromatic carbocycles. The monoisotopic (exact) mass is 318 g/mol. The molecule has 2 atom stereocenters. The van der Waals surface area contributed by atoms with Crippen LogP contribution in [0, 0.1) is 5.92 Å². The Bertz CT molecular complexity index is 581. The van der Waals surface area contributed by atoms with Crippen molar-refractivity contribution in [3.05, 3.63) is 23.2 Å². The van der Waals surface area contributed by atoms with Crippen LogP contribution >= 0.6 is 11.6 Å². The lowest BCUT2D eigenvalue weighted by molar-refractivity contribution is 0.253. The van der Waals surface area contributed by atoms with Gasteiger partial charge in [-0.05, 0) is 24.5 Å². The zero-order valence-electron chi connectivity index (χ0n) is 11.5. The second-order valence-corrected chi connectivity index (χ2v) is 7.56. The predicted octanol–water partition coefficient (Wildman–Crippen LogP) is 1.71. The molecule has 0 spiro atoms. The van der Waals surface area contributed by atoms with E-state index in [2.05, 4.69) is 0 Å². The Morgan fingerprint density at radius 3 is 2.70 bits per heavy atom. The van der Waals surface area contributed by atoms with Crippen LogP contribution in [0.5, 0.6) is 5.75 Å². The molecule has 5 nitrogen and oxygen atoms in total. The average Bonchev–Trinajstić information content (AvgIpc) is 2.37. The van der Waals surface area contributed by atoms with E-state index in [1.54, 1.807) is 6.07 Å². The maximum Gasteiger partial charge on any atom is 0.246 e. The van der Waals surface area contributed by atoms with Gasteiger partial charge in [-0.25, -0.2) is 8.42 Å². The Balaban J connectivity index is 2.39. The molecule has 1 fully saturated rings. The number of halogens is 1. The summed E-state index contributed by atoms with van der Waals surface area (Å²) in [7, 11) is -2.19. The quantitative estimate of drug-likeness (QED) is 0.920. The molecule has 0 aliphatic carbocycles. The number of nitrogens with two attached hydrogens (primary N) is 1. The molecule has 1 heterocycles. The van der Waals surface area contributed by atoms with Crippen molar-refractivity contribution in [2.24, 2.45) is 11.7 Å². The highest BCUT2D eigenvalue weighted by Gasteiger charge is 2.33. The Morgan fingerprint density at radius 2 is 2.10 bits per heavy atom. The number of rotatable bonds is 3. The lowest BCUT2D eigenvalue weighted by Crippen LogP contribution is -2.48.